The number of aryl methyl sites for hydroxylation is 1. The van der Waals surface area contributed by atoms with Crippen LogP contribution in [0.5, 0.6) is 0 Å². The van der Waals surface area contributed by atoms with E-state index in [-0.39, 0.29) is 21.4 Å². The third-order valence-electron chi connectivity index (χ3n) is 5.39. The number of aromatic nitrogens is 1. The Kier molecular flexibility index (Phi) is 6.28. The number of pyridine rings is 1. The highest BCUT2D eigenvalue weighted by atomic mass is 79.9. The van der Waals surface area contributed by atoms with Crippen LogP contribution < -0.4 is 0 Å². The summed E-state index contributed by atoms with van der Waals surface area (Å²) in [6.45, 7) is 1.80. The minimum absolute atomic E-state index is 0.116. The standard InChI is InChI=1S/C24H16BrClF3NO2S/c1-14-20-13-19(33(31,32)18-8-6-17(25)7-9-18)10-11-22(20)30-23(26)21(14)12-15-2-4-16(5-3-15)24(27,28)29/h2-11,13H,12H2,1H3. The molecule has 170 valence electrons. The summed E-state index contributed by atoms with van der Waals surface area (Å²) >= 11 is 9.68. The summed E-state index contributed by atoms with van der Waals surface area (Å²) in [5.41, 5.74) is 1.78. The zero-order chi connectivity index (χ0) is 24.0. The van der Waals surface area contributed by atoms with Gasteiger partial charge in [0.15, 0.2) is 0 Å². The molecule has 1 aromatic heterocycles. The smallest absolute Gasteiger partial charge is 0.236 e. The number of hydrogen-bond donors (Lipinski definition) is 0. The van der Waals surface area contributed by atoms with Crippen LogP contribution in [0.2, 0.25) is 5.15 Å². The van der Waals surface area contributed by atoms with Gasteiger partial charge in [-0.25, -0.2) is 13.4 Å². The molecule has 33 heavy (non-hydrogen) atoms. The van der Waals surface area contributed by atoms with E-state index in [1.807, 2.05) is 0 Å². The van der Waals surface area contributed by atoms with Crippen LogP contribution in [0.1, 0.15) is 22.3 Å². The summed E-state index contributed by atoms with van der Waals surface area (Å²) in [6, 6.07) is 15.8. The second-order valence-corrected chi connectivity index (χ2v) is 10.7. The molecule has 3 nitrogen and oxygen atoms in total. The molecule has 4 aromatic rings. The van der Waals surface area contributed by atoms with Gasteiger partial charge in [0.05, 0.1) is 20.9 Å². The van der Waals surface area contributed by atoms with Gasteiger partial charge < -0.3 is 0 Å². The SMILES string of the molecule is Cc1c(Cc2ccc(C(F)(F)F)cc2)c(Cl)nc2ccc(S(=O)(=O)c3ccc(Br)cc3)cc12. The minimum atomic E-state index is -4.41. The van der Waals surface area contributed by atoms with Crippen LogP contribution in [0.3, 0.4) is 0 Å². The molecule has 0 aliphatic rings. The molecule has 9 heteroatoms. The number of fused-ring (bicyclic) bond motifs is 1. The number of sulfone groups is 1. The van der Waals surface area contributed by atoms with Crippen LogP contribution in [0.15, 0.2) is 81.0 Å². The molecular formula is C24H16BrClF3NO2S. The van der Waals surface area contributed by atoms with Gasteiger partial charge in [0, 0.05) is 16.3 Å². The number of nitrogens with zero attached hydrogens (tertiary/aromatic N) is 1. The molecule has 3 aromatic carbocycles. The van der Waals surface area contributed by atoms with E-state index in [1.54, 1.807) is 31.2 Å². The Hall–Kier alpha value is -2.42. The molecule has 0 aliphatic carbocycles. The van der Waals surface area contributed by atoms with E-state index in [2.05, 4.69) is 20.9 Å². The molecule has 0 bridgehead atoms. The Morgan fingerprint density at radius 3 is 2.15 bits per heavy atom. The molecule has 0 unspecified atom stereocenters. The largest absolute Gasteiger partial charge is 0.416 e. The lowest BCUT2D eigenvalue weighted by Crippen LogP contribution is -2.05. The topological polar surface area (TPSA) is 47.0 Å². The van der Waals surface area contributed by atoms with Gasteiger partial charge in [0.25, 0.3) is 0 Å². The van der Waals surface area contributed by atoms with E-state index in [4.69, 9.17) is 11.6 Å². The highest BCUT2D eigenvalue weighted by Crippen LogP contribution is 2.33. The van der Waals surface area contributed by atoms with E-state index in [0.717, 1.165) is 22.2 Å². The van der Waals surface area contributed by atoms with E-state index in [1.165, 1.54) is 30.3 Å². The van der Waals surface area contributed by atoms with Gasteiger partial charge in [-0.1, -0.05) is 39.7 Å². The quantitative estimate of drug-likeness (QED) is 0.247. The third kappa shape index (κ3) is 4.78. The first kappa shape index (κ1) is 23.7. The van der Waals surface area contributed by atoms with Crippen LogP contribution in [0.4, 0.5) is 13.2 Å². The van der Waals surface area contributed by atoms with Crippen LogP contribution in [0.25, 0.3) is 10.9 Å². The van der Waals surface area contributed by atoms with Gasteiger partial charge in [-0.15, -0.1) is 0 Å². The Bertz CT molecular complexity index is 1450. The predicted octanol–water partition coefficient (Wildman–Crippen LogP) is 7.40. The van der Waals surface area contributed by atoms with Crippen LogP contribution >= 0.6 is 27.5 Å². The van der Waals surface area contributed by atoms with E-state index in [9.17, 15) is 21.6 Å². The molecule has 0 spiro atoms. The molecule has 0 saturated heterocycles. The normalized spacial score (nSPS) is 12.3. The number of alkyl halides is 3. The lowest BCUT2D eigenvalue weighted by Gasteiger charge is -2.14. The van der Waals surface area contributed by atoms with Gasteiger partial charge >= 0.3 is 6.18 Å². The lowest BCUT2D eigenvalue weighted by atomic mass is 9.98. The fraction of sp³-hybridized carbons (Fsp3) is 0.125. The van der Waals surface area contributed by atoms with Crippen molar-refractivity contribution in [1.82, 2.24) is 4.98 Å². The van der Waals surface area contributed by atoms with Crippen molar-refractivity contribution in [3.8, 4) is 0 Å². The Morgan fingerprint density at radius 1 is 0.939 bits per heavy atom. The summed E-state index contributed by atoms with van der Waals surface area (Å²) in [4.78, 5) is 4.66. The molecule has 0 N–H and O–H groups in total. The molecular weight excluding hydrogens is 539 g/mol. The number of benzene rings is 3. The average molecular weight is 555 g/mol. The summed E-state index contributed by atoms with van der Waals surface area (Å²) in [5.74, 6) is 0. The Labute approximate surface area is 202 Å². The van der Waals surface area contributed by atoms with Crippen molar-refractivity contribution >= 4 is 48.3 Å². The minimum Gasteiger partial charge on any atom is -0.236 e. The molecule has 0 fully saturated rings. The Balaban J connectivity index is 1.76. The molecule has 4 rings (SSSR count). The average Bonchev–Trinajstić information content (AvgIpc) is 2.76. The first-order valence-corrected chi connectivity index (χ1v) is 12.4. The Morgan fingerprint density at radius 2 is 1.55 bits per heavy atom. The first-order chi connectivity index (χ1) is 15.5. The zero-order valence-corrected chi connectivity index (χ0v) is 20.3. The van der Waals surface area contributed by atoms with Crippen molar-refractivity contribution in [3.05, 3.63) is 98.6 Å². The second-order valence-electron chi connectivity index (χ2n) is 7.51. The fourth-order valence-electron chi connectivity index (χ4n) is 3.54. The molecule has 0 saturated carbocycles. The number of rotatable bonds is 4. The summed E-state index contributed by atoms with van der Waals surface area (Å²) in [5, 5.41) is 0.836. The van der Waals surface area contributed by atoms with Crippen molar-refractivity contribution in [1.29, 1.82) is 0 Å². The molecule has 0 radical (unpaired) electrons. The van der Waals surface area contributed by atoms with Crippen molar-refractivity contribution in [2.45, 2.75) is 29.3 Å². The molecule has 1 heterocycles. The monoisotopic (exact) mass is 553 g/mol. The van der Waals surface area contributed by atoms with Crippen LogP contribution in [-0.4, -0.2) is 13.4 Å². The summed E-state index contributed by atoms with van der Waals surface area (Å²) in [6.07, 6.45) is -4.15. The van der Waals surface area contributed by atoms with Crippen LogP contribution in [-0.2, 0) is 22.4 Å². The highest BCUT2D eigenvalue weighted by Gasteiger charge is 2.30. The van der Waals surface area contributed by atoms with Crippen LogP contribution in [0, 0.1) is 6.92 Å². The fourth-order valence-corrected chi connectivity index (χ4v) is 5.39. The third-order valence-corrected chi connectivity index (χ3v) is 8.00. The molecule has 0 atom stereocenters. The molecule has 0 aliphatic heterocycles. The zero-order valence-electron chi connectivity index (χ0n) is 17.1. The maximum absolute atomic E-state index is 13.1. The van der Waals surface area contributed by atoms with E-state index >= 15 is 0 Å². The number of hydrogen-bond acceptors (Lipinski definition) is 3. The van der Waals surface area contributed by atoms with Crippen molar-refractivity contribution in [2.24, 2.45) is 0 Å². The van der Waals surface area contributed by atoms with Gasteiger partial charge in [-0.3, -0.25) is 0 Å². The van der Waals surface area contributed by atoms with Gasteiger partial charge in [-0.2, -0.15) is 13.2 Å². The van der Waals surface area contributed by atoms with Crippen molar-refractivity contribution in [3.63, 3.8) is 0 Å². The van der Waals surface area contributed by atoms with E-state index < -0.39 is 21.6 Å². The summed E-state index contributed by atoms with van der Waals surface area (Å²) < 4.78 is 65.5. The summed E-state index contributed by atoms with van der Waals surface area (Å²) in [7, 11) is -3.75. The van der Waals surface area contributed by atoms with Gasteiger partial charge in [0.2, 0.25) is 9.84 Å². The molecule has 0 amide bonds. The van der Waals surface area contributed by atoms with Crippen molar-refractivity contribution in [2.75, 3.05) is 0 Å². The van der Waals surface area contributed by atoms with Gasteiger partial charge in [0.1, 0.15) is 5.15 Å². The lowest BCUT2D eigenvalue weighted by molar-refractivity contribution is -0.137. The van der Waals surface area contributed by atoms with Crippen molar-refractivity contribution < 1.29 is 21.6 Å². The maximum atomic E-state index is 13.1. The van der Waals surface area contributed by atoms with E-state index in [0.29, 0.717) is 22.0 Å². The number of halogens is 5. The predicted molar refractivity (Wildman–Crippen MR) is 125 cm³/mol. The highest BCUT2D eigenvalue weighted by molar-refractivity contribution is 9.10. The first-order valence-electron chi connectivity index (χ1n) is 9.72. The second kappa shape index (κ2) is 8.74. The van der Waals surface area contributed by atoms with Gasteiger partial charge in [-0.05, 0) is 78.2 Å². The maximum Gasteiger partial charge on any atom is 0.416 e.